The number of fused-ring (bicyclic) bond motifs is 1. The molecular formula is C25H27N3O2. The van der Waals surface area contributed by atoms with Crippen LogP contribution >= 0.6 is 0 Å². The predicted molar refractivity (Wildman–Crippen MR) is 118 cm³/mol. The SMILES string of the molecule is CC(C)CC(=O)[C@@H]1CCCN(C(=O)c2ccc(-c3cnc4ccccc4c3)nc2)C1. The van der Waals surface area contributed by atoms with E-state index in [-0.39, 0.29) is 17.6 Å². The van der Waals surface area contributed by atoms with Gasteiger partial charge in [-0.2, -0.15) is 0 Å². The molecule has 3 heterocycles. The molecule has 1 fully saturated rings. The van der Waals surface area contributed by atoms with Crippen molar-refractivity contribution >= 4 is 22.6 Å². The van der Waals surface area contributed by atoms with Gasteiger partial charge in [0.1, 0.15) is 5.78 Å². The smallest absolute Gasteiger partial charge is 0.255 e. The normalized spacial score (nSPS) is 16.8. The van der Waals surface area contributed by atoms with Crippen molar-refractivity contribution in [2.24, 2.45) is 11.8 Å². The fourth-order valence-corrected chi connectivity index (χ4v) is 4.08. The number of ketones is 1. The van der Waals surface area contributed by atoms with Gasteiger partial charge in [-0.05, 0) is 43.0 Å². The minimum Gasteiger partial charge on any atom is -0.338 e. The first-order chi connectivity index (χ1) is 14.5. The second-order valence-corrected chi connectivity index (χ2v) is 8.50. The molecule has 4 rings (SSSR count). The van der Waals surface area contributed by atoms with Crippen LogP contribution in [0.15, 0.2) is 54.9 Å². The molecule has 30 heavy (non-hydrogen) atoms. The summed E-state index contributed by atoms with van der Waals surface area (Å²) in [5.41, 5.74) is 3.21. The van der Waals surface area contributed by atoms with E-state index < -0.39 is 0 Å². The molecule has 1 aliphatic rings. The summed E-state index contributed by atoms with van der Waals surface area (Å²) in [6.45, 7) is 5.32. The first-order valence-corrected chi connectivity index (χ1v) is 10.6. The molecule has 0 spiro atoms. The topological polar surface area (TPSA) is 63.2 Å². The maximum absolute atomic E-state index is 13.0. The first kappa shape index (κ1) is 20.2. The van der Waals surface area contributed by atoms with E-state index in [0.29, 0.717) is 31.0 Å². The van der Waals surface area contributed by atoms with Crippen molar-refractivity contribution < 1.29 is 9.59 Å². The van der Waals surface area contributed by atoms with Crippen molar-refractivity contribution in [1.29, 1.82) is 0 Å². The summed E-state index contributed by atoms with van der Waals surface area (Å²) in [7, 11) is 0. The predicted octanol–water partition coefficient (Wildman–Crippen LogP) is 4.76. The van der Waals surface area contributed by atoms with Crippen LogP contribution in [-0.2, 0) is 4.79 Å². The van der Waals surface area contributed by atoms with E-state index in [1.807, 2.05) is 42.6 Å². The summed E-state index contributed by atoms with van der Waals surface area (Å²) in [6, 6.07) is 13.7. The van der Waals surface area contributed by atoms with Gasteiger partial charge in [-0.25, -0.2) is 0 Å². The highest BCUT2D eigenvalue weighted by atomic mass is 16.2. The Balaban J connectivity index is 1.47. The number of nitrogens with zero attached hydrogens (tertiary/aromatic N) is 3. The van der Waals surface area contributed by atoms with Gasteiger partial charge in [0.15, 0.2) is 0 Å². The van der Waals surface area contributed by atoms with Crippen molar-refractivity contribution in [3.8, 4) is 11.3 Å². The molecule has 0 bridgehead atoms. The summed E-state index contributed by atoms with van der Waals surface area (Å²) >= 11 is 0. The number of amides is 1. The lowest BCUT2D eigenvalue weighted by molar-refractivity contribution is -0.124. The van der Waals surface area contributed by atoms with Gasteiger partial charge in [-0.15, -0.1) is 0 Å². The van der Waals surface area contributed by atoms with Gasteiger partial charge in [-0.3, -0.25) is 19.6 Å². The summed E-state index contributed by atoms with van der Waals surface area (Å²) < 4.78 is 0. The highest BCUT2D eigenvalue weighted by molar-refractivity contribution is 5.95. The zero-order valence-corrected chi connectivity index (χ0v) is 17.5. The maximum atomic E-state index is 13.0. The molecule has 1 aliphatic heterocycles. The molecule has 1 atom stereocenters. The average molecular weight is 402 g/mol. The number of para-hydroxylation sites is 1. The van der Waals surface area contributed by atoms with Gasteiger partial charge in [-0.1, -0.05) is 32.0 Å². The zero-order chi connectivity index (χ0) is 21.1. The Bertz CT molecular complexity index is 1060. The Hall–Kier alpha value is -3.08. The van der Waals surface area contributed by atoms with Crippen LogP contribution in [0.1, 0.15) is 43.5 Å². The first-order valence-electron chi connectivity index (χ1n) is 10.6. The number of likely N-dealkylation sites (tertiary alicyclic amines) is 1. The van der Waals surface area contributed by atoms with E-state index in [9.17, 15) is 9.59 Å². The van der Waals surface area contributed by atoms with Crippen LogP contribution in [0.2, 0.25) is 0 Å². The zero-order valence-electron chi connectivity index (χ0n) is 17.5. The third-order valence-electron chi connectivity index (χ3n) is 5.67. The monoisotopic (exact) mass is 401 g/mol. The van der Waals surface area contributed by atoms with Crippen molar-refractivity contribution in [2.75, 3.05) is 13.1 Å². The lowest BCUT2D eigenvalue weighted by Gasteiger charge is -2.32. The lowest BCUT2D eigenvalue weighted by atomic mass is 9.89. The standard InChI is InChI=1S/C25H27N3O2/c1-17(2)12-24(29)20-7-5-11-28(16-20)25(30)19-9-10-23(26-14-19)21-13-18-6-3-4-8-22(18)27-15-21/h3-4,6,8-10,13-15,17,20H,5,7,11-12,16H2,1-2H3/t20-/m1/s1. The molecule has 0 saturated carbocycles. The molecule has 2 aromatic heterocycles. The Morgan fingerprint density at radius 2 is 1.93 bits per heavy atom. The number of carbonyl (C=O) groups is 2. The number of piperidine rings is 1. The van der Waals surface area contributed by atoms with Gasteiger partial charge >= 0.3 is 0 Å². The molecule has 5 heteroatoms. The van der Waals surface area contributed by atoms with Gasteiger partial charge < -0.3 is 4.90 Å². The van der Waals surface area contributed by atoms with Crippen molar-refractivity contribution in [3.05, 3.63) is 60.4 Å². The van der Waals surface area contributed by atoms with E-state index in [1.165, 1.54) is 0 Å². The molecule has 3 aromatic rings. The van der Waals surface area contributed by atoms with Crippen LogP contribution in [0.3, 0.4) is 0 Å². The number of carbonyl (C=O) groups excluding carboxylic acids is 2. The van der Waals surface area contributed by atoms with Crippen LogP contribution in [0.4, 0.5) is 0 Å². The third kappa shape index (κ3) is 4.40. The minimum absolute atomic E-state index is 0.0407. The molecule has 154 valence electrons. The Morgan fingerprint density at radius 1 is 1.10 bits per heavy atom. The number of hydrogen-bond donors (Lipinski definition) is 0. The van der Waals surface area contributed by atoms with Gasteiger partial charge in [0, 0.05) is 48.8 Å². The Labute approximate surface area is 177 Å². The fraction of sp³-hybridized carbons (Fsp3) is 0.360. The summed E-state index contributed by atoms with van der Waals surface area (Å²) in [5, 5.41) is 1.06. The number of Topliss-reactive ketones (excluding diaryl/α,β-unsaturated/α-hetero) is 1. The molecule has 1 amide bonds. The highest BCUT2D eigenvalue weighted by Gasteiger charge is 2.29. The number of rotatable bonds is 5. The summed E-state index contributed by atoms with van der Waals surface area (Å²) in [4.78, 5) is 36.2. The highest BCUT2D eigenvalue weighted by Crippen LogP contribution is 2.24. The average Bonchev–Trinajstić information content (AvgIpc) is 2.78. The van der Waals surface area contributed by atoms with Gasteiger partial charge in [0.25, 0.3) is 5.91 Å². The Morgan fingerprint density at radius 3 is 2.70 bits per heavy atom. The van der Waals surface area contributed by atoms with Crippen LogP contribution in [0.5, 0.6) is 0 Å². The molecule has 0 unspecified atom stereocenters. The van der Waals surface area contributed by atoms with E-state index in [4.69, 9.17) is 0 Å². The van der Waals surface area contributed by atoms with Crippen molar-refractivity contribution in [1.82, 2.24) is 14.9 Å². The molecular weight excluding hydrogens is 374 g/mol. The lowest BCUT2D eigenvalue weighted by Crippen LogP contribution is -2.42. The number of aromatic nitrogens is 2. The second-order valence-electron chi connectivity index (χ2n) is 8.50. The third-order valence-corrected chi connectivity index (χ3v) is 5.67. The van der Waals surface area contributed by atoms with Crippen LogP contribution in [-0.4, -0.2) is 39.6 Å². The number of pyridine rings is 2. The molecule has 5 nitrogen and oxygen atoms in total. The molecule has 0 aliphatic carbocycles. The van der Waals surface area contributed by atoms with Crippen LogP contribution in [0.25, 0.3) is 22.2 Å². The van der Waals surface area contributed by atoms with Crippen LogP contribution in [0, 0.1) is 11.8 Å². The van der Waals surface area contributed by atoms with Crippen LogP contribution < -0.4 is 0 Å². The van der Waals surface area contributed by atoms with E-state index >= 15 is 0 Å². The van der Waals surface area contributed by atoms with E-state index in [2.05, 4.69) is 29.9 Å². The number of benzene rings is 1. The van der Waals surface area contributed by atoms with E-state index in [1.54, 1.807) is 11.1 Å². The van der Waals surface area contributed by atoms with E-state index in [0.717, 1.165) is 35.0 Å². The van der Waals surface area contributed by atoms with Gasteiger partial charge in [0.05, 0.1) is 16.8 Å². The quantitative estimate of drug-likeness (QED) is 0.618. The largest absolute Gasteiger partial charge is 0.338 e. The molecule has 0 radical (unpaired) electrons. The van der Waals surface area contributed by atoms with Crippen molar-refractivity contribution in [2.45, 2.75) is 33.1 Å². The Kier molecular flexibility index (Phi) is 5.88. The van der Waals surface area contributed by atoms with Gasteiger partial charge in [0.2, 0.25) is 0 Å². The minimum atomic E-state index is -0.0484. The second kappa shape index (κ2) is 8.74. The molecule has 0 N–H and O–H groups in total. The fourth-order valence-electron chi connectivity index (χ4n) is 4.08. The number of hydrogen-bond acceptors (Lipinski definition) is 4. The maximum Gasteiger partial charge on any atom is 0.255 e. The van der Waals surface area contributed by atoms with Crippen molar-refractivity contribution in [3.63, 3.8) is 0 Å². The molecule has 1 aromatic carbocycles. The summed E-state index contributed by atoms with van der Waals surface area (Å²) in [6.07, 6.45) is 5.77. The summed E-state index contributed by atoms with van der Waals surface area (Å²) in [5.74, 6) is 0.540. The molecule has 1 saturated heterocycles.